The molecule has 0 aromatic carbocycles. The Hall–Kier alpha value is -2.11. The summed E-state index contributed by atoms with van der Waals surface area (Å²) in [4.78, 5) is 20.3. The number of fused-ring (bicyclic) bond motifs is 1. The average molecular weight is 275 g/mol. The van der Waals surface area contributed by atoms with E-state index in [1.807, 2.05) is 32.3 Å². The molecule has 0 radical (unpaired) electrons. The molecule has 3 N–H and O–H groups in total. The number of aryl methyl sites for hydroxylation is 3. The highest BCUT2D eigenvalue weighted by Gasteiger charge is 2.16. The predicted octanol–water partition coefficient (Wildman–Crippen LogP) is 1.46. The number of amides is 1. The van der Waals surface area contributed by atoms with Crippen LogP contribution in [0.5, 0.6) is 0 Å². The maximum absolute atomic E-state index is 11.6. The number of nitrogens with zero attached hydrogens (tertiary/aromatic N) is 3. The van der Waals surface area contributed by atoms with Crippen LogP contribution in [-0.2, 0) is 11.3 Å². The first-order valence-electron chi connectivity index (χ1n) is 6.81. The molecule has 0 aliphatic carbocycles. The highest BCUT2D eigenvalue weighted by atomic mass is 16.1. The summed E-state index contributed by atoms with van der Waals surface area (Å²) in [5, 5.41) is 3.70. The molecule has 0 aliphatic heterocycles. The standard InChI is InChI=1S/C14H21N5O/c1-5-16-11(20)6-7-19-9(3)8(2)12-13(15)17-10(4)18-14(12)19/h5-7H2,1-4H3,(H,16,20)(H2,15,17,18). The molecule has 0 fully saturated rings. The lowest BCUT2D eigenvalue weighted by molar-refractivity contribution is -0.121. The number of nitrogen functional groups attached to an aromatic ring is 1. The molecule has 2 aromatic rings. The van der Waals surface area contributed by atoms with Crippen molar-refractivity contribution in [2.24, 2.45) is 0 Å². The Labute approximate surface area is 118 Å². The highest BCUT2D eigenvalue weighted by Crippen LogP contribution is 2.27. The maximum atomic E-state index is 11.6. The summed E-state index contributed by atoms with van der Waals surface area (Å²) in [6.45, 7) is 9.01. The van der Waals surface area contributed by atoms with Crippen LogP contribution in [-0.4, -0.2) is 27.0 Å². The van der Waals surface area contributed by atoms with Gasteiger partial charge in [-0.1, -0.05) is 0 Å². The molecule has 2 aromatic heterocycles. The Kier molecular flexibility index (Phi) is 3.92. The van der Waals surface area contributed by atoms with Gasteiger partial charge in [-0.3, -0.25) is 4.79 Å². The third-order valence-corrected chi connectivity index (χ3v) is 3.54. The van der Waals surface area contributed by atoms with Crippen molar-refractivity contribution in [3.05, 3.63) is 17.1 Å². The number of rotatable bonds is 4. The van der Waals surface area contributed by atoms with Crippen molar-refractivity contribution >= 4 is 22.8 Å². The van der Waals surface area contributed by atoms with Crippen molar-refractivity contribution in [3.8, 4) is 0 Å². The lowest BCUT2D eigenvalue weighted by Gasteiger charge is -2.08. The number of hydrogen-bond acceptors (Lipinski definition) is 4. The lowest BCUT2D eigenvalue weighted by Crippen LogP contribution is -2.24. The van der Waals surface area contributed by atoms with E-state index in [0.29, 0.717) is 31.2 Å². The number of anilines is 1. The molecule has 1 amide bonds. The molecule has 0 spiro atoms. The van der Waals surface area contributed by atoms with Crippen molar-refractivity contribution in [2.75, 3.05) is 12.3 Å². The van der Waals surface area contributed by atoms with Gasteiger partial charge < -0.3 is 15.6 Å². The summed E-state index contributed by atoms with van der Waals surface area (Å²) in [5.41, 5.74) is 8.97. The van der Waals surface area contributed by atoms with Crippen LogP contribution < -0.4 is 11.1 Å². The second-order valence-electron chi connectivity index (χ2n) is 4.92. The molecule has 0 saturated heterocycles. The molecule has 20 heavy (non-hydrogen) atoms. The Morgan fingerprint density at radius 2 is 2.00 bits per heavy atom. The number of carbonyl (C=O) groups is 1. The number of hydrogen-bond donors (Lipinski definition) is 2. The van der Waals surface area contributed by atoms with Crippen molar-refractivity contribution in [2.45, 2.75) is 40.7 Å². The van der Waals surface area contributed by atoms with Gasteiger partial charge in [0.2, 0.25) is 5.91 Å². The minimum atomic E-state index is 0.0464. The Morgan fingerprint density at radius 1 is 1.30 bits per heavy atom. The molecule has 0 atom stereocenters. The summed E-state index contributed by atoms with van der Waals surface area (Å²) in [6, 6.07) is 0. The molecule has 2 rings (SSSR count). The summed E-state index contributed by atoms with van der Waals surface area (Å²) in [7, 11) is 0. The Bertz CT molecular complexity index is 659. The normalized spacial score (nSPS) is 11.0. The van der Waals surface area contributed by atoms with Gasteiger partial charge in [0.25, 0.3) is 0 Å². The third-order valence-electron chi connectivity index (χ3n) is 3.54. The van der Waals surface area contributed by atoms with E-state index < -0.39 is 0 Å². The van der Waals surface area contributed by atoms with Crippen molar-refractivity contribution in [1.29, 1.82) is 0 Å². The van der Waals surface area contributed by atoms with Crippen LogP contribution in [0.1, 0.15) is 30.4 Å². The zero-order valence-corrected chi connectivity index (χ0v) is 12.4. The van der Waals surface area contributed by atoms with Gasteiger partial charge >= 0.3 is 0 Å². The molecule has 108 valence electrons. The van der Waals surface area contributed by atoms with Gasteiger partial charge in [0.1, 0.15) is 17.3 Å². The molecule has 6 nitrogen and oxygen atoms in total. The summed E-state index contributed by atoms with van der Waals surface area (Å²) >= 11 is 0. The number of aromatic nitrogens is 3. The fourth-order valence-electron chi connectivity index (χ4n) is 2.45. The highest BCUT2D eigenvalue weighted by molar-refractivity contribution is 5.91. The van der Waals surface area contributed by atoms with Crippen molar-refractivity contribution in [1.82, 2.24) is 19.9 Å². The summed E-state index contributed by atoms with van der Waals surface area (Å²) < 4.78 is 2.05. The van der Waals surface area contributed by atoms with Crippen molar-refractivity contribution < 1.29 is 4.79 Å². The minimum absolute atomic E-state index is 0.0464. The fourth-order valence-corrected chi connectivity index (χ4v) is 2.45. The molecule has 6 heteroatoms. The van der Waals surface area contributed by atoms with E-state index in [2.05, 4.69) is 15.3 Å². The lowest BCUT2D eigenvalue weighted by atomic mass is 10.2. The number of nitrogens with one attached hydrogen (secondary N) is 1. The topological polar surface area (TPSA) is 85.8 Å². The van der Waals surface area contributed by atoms with Gasteiger partial charge in [0, 0.05) is 25.2 Å². The van der Waals surface area contributed by atoms with Crippen LogP contribution in [0.3, 0.4) is 0 Å². The zero-order chi connectivity index (χ0) is 14.9. The minimum Gasteiger partial charge on any atom is -0.383 e. The molecular weight excluding hydrogens is 254 g/mol. The van der Waals surface area contributed by atoms with Gasteiger partial charge in [0.05, 0.1) is 5.39 Å². The van der Waals surface area contributed by atoms with Crippen LogP contribution in [0, 0.1) is 20.8 Å². The van der Waals surface area contributed by atoms with E-state index in [4.69, 9.17) is 5.73 Å². The van der Waals surface area contributed by atoms with Gasteiger partial charge in [0.15, 0.2) is 0 Å². The van der Waals surface area contributed by atoms with Crippen LogP contribution in [0.25, 0.3) is 11.0 Å². The first kappa shape index (κ1) is 14.3. The Balaban J connectivity index is 2.43. The van der Waals surface area contributed by atoms with E-state index >= 15 is 0 Å². The molecule has 0 aliphatic rings. The largest absolute Gasteiger partial charge is 0.383 e. The molecular formula is C14H21N5O. The SMILES string of the molecule is CCNC(=O)CCn1c(C)c(C)c2c(N)nc(C)nc21. The van der Waals surface area contributed by atoms with Crippen molar-refractivity contribution in [3.63, 3.8) is 0 Å². The van der Waals surface area contributed by atoms with E-state index in [-0.39, 0.29) is 5.91 Å². The van der Waals surface area contributed by atoms with E-state index in [1.165, 1.54) is 0 Å². The van der Waals surface area contributed by atoms with Gasteiger partial charge in [-0.25, -0.2) is 9.97 Å². The molecule has 2 heterocycles. The molecule has 0 saturated carbocycles. The number of nitrogens with two attached hydrogens (primary N) is 1. The molecule has 0 bridgehead atoms. The zero-order valence-electron chi connectivity index (χ0n) is 12.4. The third kappa shape index (κ3) is 2.45. The first-order valence-corrected chi connectivity index (χ1v) is 6.81. The maximum Gasteiger partial charge on any atom is 0.221 e. The molecule has 0 unspecified atom stereocenters. The fraction of sp³-hybridized carbons (Fsp3) is 0.500. The first-order chi connectivity index (χ1) is 9.45. The second-order valence-corrected chi connectivity index (χ2v) is 4.92. The summed E-state index contributed by atoms with van der Waals surface area (Å²) in [6.07, 6.45) is 0.431. The average Bonchev–Trinajstić information content (AvgIpc) is 2.60. The van der Waals surface area contributed by atoms with Crippen LogP contribution in [0.15, 0.2) is 0 Å². The van der Waals surface area contributed by atoms with Crippen LogP contribution in [0.2, 0.25) is 0 Å². The second kappa shape index (κ2) is 5.48. The van der Waals surface area contributed by atoms with Gasteiger partial charge in [-0.05, 0) is 33.3 Å². The van der Waals surface area contributed by atoms with E-state index in [9.17, 15) is 4.79 Å². The van der Waals surface area contributed by atoms with Gasteiger partial charge in [-0.2, -0.15) is 0 Å². The summed E-state index contributed by atoms with van der Waals surface area (Å²) in [5.74, 6) is 1.20. The van der Waals surface area contributed by atoms with Crippen LogP contribution in [0.4, 0.5) is 5.82 Å². The van der Waals surface area contributed by atoms with E-state index in [0.717, 1.165) is 22.3 Å². The monoisotopic (exact) mass is 275 g/mol. The predicted molar refractivity (Wildman–Crippen MR) is 79.5 cm³/mol. The van der Waals surface area contributed by atoms with Crippen LogP contribution >= 0.6 is 0 Å². The Morgan fingerprint density at radius 3 is 2.65 bits per heavy atom. The smallest absolute Gasteiger partial charge is 0.221 e. The quantitative estimate of drug-likeness (QED) is 0.884. The van der Waals surface area contributed by atoms with Gasteiger partial charge in [-0.15, -0.1) is 0 Å². The van der Waals surface area contributed by atoms with E-state index in [1.54, 1.807) is 0 Å². The number of carbonyl (C=O) groups excluding carboxylic acids is 1.